The number of hydrogen-bond acceptors (Lipinski definition) is 2. The monoisotopic (exact) mass is 329 g/mol. The average Bonchev–Trinajstić information content (AvgIpc) is 3.33. The van der Waals surface area contributed by atoms with E-state index in [1.54, 1.807) is 16.8 Å². The van der Waals surface area contributed by atoms with Crippen LogP contribution in [0.1, 0.15) is 48.3 Å². The van der Waals surface area contributed by atoms with Crippen LogP contribution in [-0.2, 0) is 18.3 Å². The second-order valence-corrected chi connectivity index (χ2v) is 6.68. The maximum absolute atomic E-state index is 14.2. The first-order chi connectivity index (χ1) is 11.4. The van der Waals surface area contributed by atoms with Crippen LogP contribution in [0.3, 0.4) is 0 Å². The fourth-order valence-electron chi connectivity index (χ4n) is 3.37. The molecule has 1 unspecified atom stereocenters. The van der Waals surface area contributed by atoms with E-state index < -0.39 is 0 Å². The second-order valence-electron chi connectivity index (χ2n) is 6.68. The lowest BCUT2D eigenvalue weighted by Gasteiger charge is -2.30. The van der Waals surface area contributed by atoms with Gasteiger partial charge in [-0.3, -0.25) is 9.48 Å². The van der Waals surface area contributed by atoms with Gasteiger partial charge in [-0.15, -0.1) is 0 Å². The zero-order valence-electron chi connectivity index (χ0n) is 14.7. The van der Waals surface area contributed by atoms with Gasteiger partial charge in [-0.05, 0) is 39.7 Å². The van der Waals surface area contributed by atoms with Gasteiger partial charge in [-0.1, -0.05) is 18.2 Å². The van der Waals surface area contributed by atoms with E-state index in [0.29, 0.717) is 12.0 Å². The molecule has 3 rings (SSSR count). The first kappa shape index (κ1) is 16.7. The van der Waals surface area contributed by atoms with Crippen LogP contribution in [0.2, 0.25) is 0 Å². The summed E-state index contributed by atoms with van der Waals surface area (Å²) in [5, 5.41) is 4.39. The van der Waals surface area contributed by atoms with Crippen molar-refractivity contribution >= 4 is 5.91 Å². The zero-order chi connectivity index (χ0) is 17.4. The minimum atomic E-state index is -0.261. The number of carbonyl (C=O) groups excluding carboxylic acids is 1. The summed E-state index contributed by atoms with van der Waals surface area (Å²) in [4.78, 5) is 14.9. The lowest BCUT2D eigenvalue weighted by Crippen LogP contribution is -2.37. The zero-order valence-corrected chi connectivity index (χ0v) is 14.7. The normalized spacial score (nSPS) is 15.4. The minimum Gasteiger partial charge on any atom is -0.333 e. The van der Waals surface area contributed by atoms with Gasteiger partial charge in [0.2, 0.25) is 5.91 Å². The smallest absolute Gasteiger partial charge is 0.227 e. The van der Waals surface area contributed by atoms with Gasteiger partial charge < -0.3 is 4.90 Å². The van der Waals surface area contributed by atoms with E-state index in [0.717, 1.165) is 29.8 Å². The highest BCUT2D eigenvalue weighted by Gasteiger charge is 2.37. The molecule has 2 aromatic rings. The quantitative estimate of drug-likeness (QED) is 0.842. The van der Waals surface area contributed by atoms with Crippen LogP contribution in [0.5, 0.6) is 0 Å². The maximum atomic E-state index is 14.2. The Kier molecular flexibility index (Phi) is 4.43. The summed E-state index contributed by atoms with van der Waals surface area (Å²) in [5.41, 5.74) is 3.46. The minimum absolute atomic E-state index is 0.0486. The first-order valence-corrected chi connectivity index (χ1v) is 8.44. The van der Waals surface area contributed by atoms with Crippen LogP contribution < -0.4 is 0 Å². The lowest BCUT2D eigenvalue weighted by molar-refractivity contribution is -0.133. The molecule has 1 aliphatic carbocycles. The highest BCUT2D eigenvalue weighted by molar-refractivity contribution is 5.80. The third-order valence-electron chi connectivity index (χ3n) is 4.99. The van der Waals surface area contributed by atoms with Crippen molar-refractivity contribution in [2.24, 2.45) is 7.05 Å². The second kappa shape index (κ2) is 6.38. The summed E-state index contributed by atoms with van der Waals surface area (Å²) in [6.07, 6.45) is 2.31. The lowest BCUT2D eigenvalue weighted by atomic mass is 10.0. The van der Waals surface area contributed by atoms with E-state index in [1.807, 2.05) is 38.8 Å². The largest absolute Gasteiger partial charge is 0.333 e. The summed E-state index contributed by atoms with van der Waals surface area (Å²) in [7, 11) is 1.89. The Balaban J connectivity index is 1.86. The molecule has 1 atom stereocenters. The third-order valence-corrected chi connectivity index (χ3v) is 4.99. The van der Waals surface area contributed by atoms with Crippen LogP contribution in [0.15, 0.2) is 24.3 Å². The van der Waals surface area contributed by atoms with Gasteiger partial charge in [0.25, 0.3) is 0 Å². The molecule has 1 aromatic heterocycles. The topological polar surface area (TPSA) is 38.1 Å². The van der Waals surface area contributed by atoms with Crippen LogP contribution in [0.25, 0.3) is 0 Å². The third kappa shape index (κ3) is 3.07. The number of aryl methyl sites for hydroxylation is 2. The number of benzene rings is 1. The Labute approximate surface area is 142 Å². The molecule has 0 bridgehead atoms. The molecule has 0 spiro atoms. The molecule has 128 valence electrons. The summed E-state index contributed by atoms with van der Waals surface area (Å²) in [6, 6.07) is 6.68. The van der Waals surface area contributed by atoms with Crippen LogP contribution in [-0.4, -0.2) is 26.6 Å². The summed E-state index contributed by atoms with van der Waals surface area (Å²) in [6.45, 7) is 5.82. The predicted octanol–water partition coefficient (Wildman–Crippen LogP) is 3.47. The molecule has 1 heterocycles. The summed E-state index contributed by atoms with van der Waals surface area (Å²) in [5.74, 6) is -0.204. The van der Waals surface area contributed by atoms with Crippen molar-refractivity contribution < 1.29 is 9.18 Å². The van der Waals surface area contributed by atoms with Crippen molar-refractivity contribution in [2.75, 3.05) is 0 Å². The number of carbonyl (C=O) groups is 1. The van der Waals surface area contributed by atoms with Gasteiger partial charge in [0.1, 0.15) is 5.82 Å². The van der Waals surface area contributed by atoms with E-state index in [4.69, 9.17) is 0 Å². The van der Waals surface area contributed by atoms with Crippen LogP contribution in [0, 0.1) is 19.7 Å². The number of hydrogen-bond donors (Lipinski definition) is 0. The molecule has 0 radical (unpaired) electrons. The number of halogens is 1. The van der Waals surface area contributed by atoms with E-state index in [9.17, 15) is 9.18 Å². The number of rotatable bonds is 5. The van der Waals surface area contributed by atoms with Crippen LogP contribution in [0.4, 0.5) is 4.39 Å². The van der Waals surface area contributed by atoms with Crippen molar-refractivity contribution in [3.8, 4) is 0 Å². The first-order valence-electron chi connectivity index (χ1n) is 8.44. The highest BCUT2D eigenvalue weighted by Crippen LogP contribution is 2.35. The Bertz CT molecular complexity index is 764. The molecule has 1 aromatic carbocycles. The Morgan fingerprint density at radius 1 is 1.38 bits per heavy atom. The molecule has 5 heteroatoms. The van der Waals surface area contributed by atoms with Crippen molar-refractivity contribution in [2.45, 2.75) is 52.1 Å². The standard InChI is InChI=1S/C19H24FN3O/c1-12-17(13(2)22(4)21-12)11-19(24)23(15-9-10-15)14(3)16-7-5-6-8-18(16)20/h5-8,14-15H,9-11H2,1-4H3. The molecule has 0 N–H and O–H groups in total. The van der Waals surface area contributed by atoms with Gasteiger partial charge in [0, 0.05) is 29.9 Å². The fraction of sp³-hybridized carbons (Fsp3) is 0.474. The molecular weight excluding hydrogens is 305 g/mol. The SMILES string of the molecule is Cc1nn(C)c(C)c1CC(=O)N(C1CC1)C(C)c1ccccc1F. The Morgan fingerprint density at radius 3 is 2.58 bits per heavy atom. The maximum Gasteiger partial charge on any atom is 0.227 e. The molecule has 0 saturated heterocycles. The summed E-state index contributed by atoms with van der Waals surface area (Å²) < 4.78 is 16.0. The molecule has 0 aliphatic heterocycles. The molecule has 4 nitrogen and oxygen atoms in total. The van der Waals surface area contributed by atoms with Crippen molar-refractivity contribution in [3.63, 3.8) is 0 Å². The molecule has 1 aliphatic rings. The average molecular weight is 329 g/mol. The van der Waals surface area contributed by atoms with E-state index in [2.05, 4.69) is 5.10 Å². The number of nitrogens with zero attached hydrogens (tertiary/aromatic N) is 3. The Morgan fingerprint density at radius 2 is 2.04 bits per heavy atom. The van der Waals surface area contributed by atoms with Gasteiger partial charge in [0.05, 0.1) is 18.2 Å². The fourth-order valence-corrected chi connectivity index (χ4v) is 3.37. The molecule has 24 heavy (non-hydrogen) atoms. The van der Waals surface area contributed by atoms with Crippen LogP contribution >= 0.6 is 0 Å². The van der Waals surface area contributed by atoms with Gasteiger partial charge in [-0.2, -0.15) is 5.10 Å². The summed E-state index contributed by atoms with van der Waals surface area (Å²) >= 11 is 0. The van der Waals surface area contributed by atoms with Crippen molar-refractivity contribution in [1.29, 1.82) is 0 Å². The van der Waals surface area contributed by atoms with Crippen molar-refractivity contribution in [1.82, 2.24) is 14.7 Å². The van der Waals surface area contributed by atoms with Crippen molar-refractivity contribution in [3.05, 3.63) is 52.6 Å². The van der Waals surface area contributed by atoms with E-state index in [-0.39, 0.29) is 23.8 Å². The highest BCUT2D eigenvalue weighted by atomic mass is 19.1. The predicted molar refractivity (Wildman–Crippen MR) is 91.1 cm³/mol. The molecule has 1 saturated carbocycles. The Hall–Kier alpha value is -2.17. The molecule has 1 amide bonds. The van der Waals surface area contributed by atoms with E-state index >= 15 is 0 Å². The van der Waals surface area contributed by atoms with Gasteiger partial charge in [0.15, 0.2) is 0 Å². The number of amides is 1. The van der Waals surface area contributed by atoms with Gasteiger partial charge >= 0.3 is 0 Å². The molecule has 1 fully saturated rings. The molecular formula is C19H24FN3O. The van der Waals surface area contributed by atoms with Gasteiger partial charge in [-0.25, -0.2) is 4.39 Å². The van der Waals surface area contributed by atoms with E-state index in [1.165, 1.54) is 6.07 Å². The number of aromatic nitrogens is 2.